The van der Waals surface area contributed by atoms with Crippen molar-refractivity contribution in [2.75, 3.05) is 32.7 Å². The van der Waals surface area contributed by atoms with E-state index in [1.807, 2.05) is 17.5 Å². The summed E-state index contributed by atoms with van der Waals surface area (Å²) in [6.45, 7) is 3.73. The van der Waals surface area contributed by atoms with Gasteiger partial charge in [-0.1, -0.05) is 11.2 Å². The molecule has 8 nitrogen and oxygen atoms in total. The first kappa shape index (κ1) is 18.6. The summed E-state index contributed by atoms with van der Waals surface area (Å²) in [5.74, 6) is 1.10. The minimum Gasteiger partial charge on any atom is -0.339 e. The summed E-state index contributed by atoms with van der Waals surface area (Å²) in [5.41, 5.74) is -0.134. The predicted octanol–water partition coefficient (Wildman–Crippen LogP) is 1.88. The number of pyridine rings is 1. The molecule has 1 N–H and O–H groups in total. The Labute approximate surface area is 165 Å². The Morgan fingerprint density at radius 3 is 2.82 bits per heavy atom. The molecule has 0 radical (unpaired) electrons. The van der Waals surface area contributed by atoms with Gasteiger partial charge in [-0.05, 0) is 36.5 Å². The third-order valence-corrected chi connectivity index (χ3v) is 5.65. The fourth-order valence-electron chi connectivity index (χ4n) is 3.25. The van der Waals surface area contributed by atoms with Crippen LogP contribution in [-0.2, 0) is 6.42 Å². The minimum atomic E-state index is -0.337. The van der Waals surface area contributed by atoms with Crippen molar-refractivity contribution in [2.24, 2.45) is 0 Å². The average molecular weight is 399 g/mol. The molecule has 146 valence electrons. The van der Waals surface area contributed by atoms with E-state index in [4.69, 9.17) is 4.52 Å². The lowest BCUT2D eigenvalue weighted by molar-refractivity contribution is 0.0634. The van der Waals surface area contributed by atoms with Crippen molar-refractivity contribution >= 4 is 17.2 Å². The summed E-state index contributed by atoms with van der Waals surface area (Å²) in [4.78, 5) is 36.3. The minimum absolute atomic E-state index is 0.200. The molecule has 1 aliphatic rings. The van der Waals surface area contributed by atoms with Crippen molar-refractivity contribution in [3.63, 3.8) is 0 Å². The van der Waals surface area contributed by atoms with Gasteiger partial charge in [-0.3, -0.25) is 14.5 Å². The predicted molar refractivity (Wildman–Crippen MR) is 105 cm³/mol. The molecule has 0 atom stereocenters. The zero-order valence-electron chi connectivity index (χ0n) is 15.3. The number of piperazine rings is 1. The van der Waals surface area contributed by atoms with Crippen LogP contribution in [-0.4, -0.2) is 63.6 Å². The standard InChI is InChI=1S/C19H21N5O3S/c25-18-14(4-1-7-20-18)19(26)24-11-9-23(10-12-24)8-2-6-16-21-17(22-27-16)15-5-3-13-28-15/h1,3-5,7,13H,2,6,8-12H2,(H,20,25). The number of aromatic nitrogens is 3. The molecule has 4 rings (SSSR count). The molecule has 0 aliphatic carbocycles. The molecule has 1 aliphatic heterocycles. The second-order valence-electron chi connectivity index (χ2n) is 6.64. The Morgan fingerprint density at radius 2 is 2.07 bits per heavy atom. The van der Waals surface area contributed by atoms with Crippen LogP contribution >= 0.6 is 11.3 Å². The number of carbonyl (C=O) groups excluding carboxylic acids is 1. The van der Waals surface area contributed by atoms with Crippen LogP contribution in [0.15, 0.2) is 45.2 Å². The summed E-state index contributed by atoms with van der Waals surface area (Å²) in [6.07, 6.45) is 3.18. The highest BCUT2D eigenvalue weighted by atomic mass is 32.1. The average Bonchev–Trinajstić information content (AvgIpc) is 3.40. The molecule has 1 saturated heterocycles. The van der Waals surface area contributed by atoms with Crippen molar-refractivity contribution in [3.8, 4) is 10.7 Å². The Hall–Kier alpha value is -2.78. The van der Waals surface area contributed by atoms with E-state index in [0.29, 0.717) is 24.8 Å². The topological polar surface area (TPSA) is 95.3 Å². The summed E-state index contributed by atoms with van der Waals surface area (Å²) in [5, 5.41) is 6.02. The summed E-state index contributed by atoms with van der Waals surface area (Å²) in [7, 11) is 0. The number of amides is 1. The maximum Gasteiger partial charge on any atom is 0.260 e. The van der Waals surface area contributed by atoms with E-state index in [9.17, 15) is 9.59 Å². The Kier molecular flexibility index (Phi) is 5.63. The van der Waals surface area contributed by atoms with Gasteiger partial charge in [0, 0.05) is 38.8 Å². The Morgan fingerprint density at radius 1 is 1.21 bits per heavy atom. The van der Waals surface area contributed by atoms with Gasteiger partial charge < -0.3 is 14.4 Å². The summed E-state index contributed by atoms with van der Waals surface area (Å²) < 4.78 is 5.33. The zero-order chi connectivity index (χ0) is 19.3. The van der Waals surface area contributed by atoms with E-state index in [0.717, 1.165) is 37.4 Å². The molecule has 0 saturated carbocycles. The van der Waals surface area contributed by atoms with Gasteiger partial charge in [0.1, 0.15) is 5.56 Å². The monoisotopic (exact) mass is 399 g/mol. The number of rotatable bonds is 6. The number of hydrogen-bond donors (Lipinski definition) is 1. The number of nitrogens with zero attached hydrogens (tertiary/aromatic N) is 4. The highest BCUT2D eigenvalue weighted by Gasteiger charge is 2.23. The van der Waals surface area contributed by atoms with Crippen molar-refractivity contribution in [2.45, 2.75) is 12.8 Å². The van der Waals surface area contributed by atoms with Gasteiger partial charge in [-0.2, -0.15) is 4.98 Å². The second kappa shape index (κ2) is 8.49. The quantitative estimate of drug-likeness (QED) is 0.680. The van der Waals surface area contributed by atoms with Crippen LogP contribution in [0.4, 0.5) is 0 Å². The van der Waals surface area contributed by atoms with Crippen LogP contribution in [0.3, 0.4) is 0 Å². The SMILES string of the molecule is O=C(c1ccc[nH]c1=O)N1CCN(CCCc2nc(-c3cccs3)no2)CC1. The molecule has 4 heterocycles. The first-order valence-corrected chi connectivity index (χ1v) is 10.1. The first-order valence-electron chi connectivity index (χ1n) is 9.26. The lowest BCUT2D eigenvalue weighted by Gasteiger charge is -2.34. The number of hydrogen-bond acceptors (Lipinski definition) is 7. The molecule has 1 fully saturated rings. The van der Waals surface area contributed by atoms with Gasteiger partial charge in [0.25, 0.3) is 11.5 Å². The van der Waals surface area contributed by atoms with E-state index >= 15 is 0 Å². The Bertz CT molecular complexity index is 973. The van der Waals surface area contributed by atoms with E-state index in [1.54, 1.807) is 28.4 Å². The van der Waals surface area contributed by atoms with Crippen molar-refractivity contribution in [1.82, 2.24) is 24.9 Å². The van der Waals surface area contributed by atoms with Crippen molar-refractivity contribution in [3.05, 3.63) is 57.7 Å². The highest BCUT2D eigenvalue weighted by molar-refractivity contribution is 7.13. The molecule has 0 bridgehead atoms. The molecule has 0 spiro atoms. The van der Waals surface area contributed by atoms with Gasteiger partial charge in [-0.25, -0.2) is 0 Å². The van der Waals surface area contributed by atoms with Gasteiger partial charge in [0.2, 0.25) is 11.7 Å². The Balaban J connectivity index is 1.22. The number of aromatic amines is 1. The van der Waals surface area contributed by atoms with Crippen LogP contribution < -0.4 is 5.56 Å². The molecule has 1 amide bonds. The van der Waals surface area contributed by atoms with E-state index < -0.39 is 0 Å². The lowest BCUT2D eigenvalue weighted by atomic mass is 10.2. The van der Waals surface area contributed by atoms with Gasteiger partial charge in [0.15, 0.2) is 0 Å². The van der Waals surface area contributed by atoms with Gasteiger partial charge in [0.05, 0.1) is 4.88 Å². The lowest BCUT2D eigenvalue weighted by Crippen LogP contribution is -2.49. The molecule has 0 aromatic carbocycles. The molecular weight excluding hydrogens is 378 g/mol. The summed E-state index contributed by atoms with van der Waals surface area (Å²) >= 11 is 1.59. The number of thiophene rings is 1. The molecule has 3 aromatic heterocycles. The van der Waals surface area contributed by atoms with E-state index in [-0.39, 0.29) is 17.0 Å². The van der Waals surface area contributed by atoms with E-state index in [2.05, 4.69) is 20.0 Å². The number of nitrogens with one attached hydrogen (secondary N) is 1. The molecule has 3 aromatic rings. The maximum absolute atomic E-state index is 12.5. The molecule has 0 unspecified atom stereocenters. The third-order valence-electron chi connectivity index (χ3n) is 4.78. The van der Waals surface area contributed by atoms with Gasteiger partial charge >= 0.3 is 0 Å². The maximum atomic E-state index is 12.5. The largest absolute Gasteiger partial charge is 0.339 e. The van der Waals surface area contributed by atoms with Crippen molar-refractivity contribution in [1.29, 1.82) is 0 Å². The van der Waals surface area contributed by atoms with Gasteiger partial charge in [-0.15, -0.1) is 11.3 Å². The smallest absolute Gasteiger partial charge is 0.260 e. The first-order chi connectivity index (χ1) is 13.7. The number of H-pyrrole nitrogens is 1. The fourth-order valence-corrected chi connectivity index (χ4v) is 3.90. The van der Waals surface area contributed by atoms with E-state index in [1.165, 1.54) is 6.20 Å². The second-order valence-corrected chi connectivity index (χ2v) is 7.59. The highest BCUT2D eigenvalue weighted by Crippen LogP contribution is 2.21. The normalized spacial score (nSPS) is 15.1. The fraction of sp³-hybridized carbons (Fsp3) is 0.368. The van der Waals surface area contributed by atoms with Crippen molar-refractivity contribution < 1.29 is 9.32 Å². The summed E-state index contributed by atoms with van der Waals surface area (Å²) in [6, 6.07) is 7.19. The molecule has 9 heteroatoms. The number of carbonyl (C=O) groups is 1. The van der Waals surface area contributed by atoms with Crippen LogP contribution in [0.2, 0.25) is 0 Å². The van der Waals surface area contributed by atoms with Crippen LogP contribution in [0.5, 0.6) is 0 Å². The molecule has 28 heavy (non-hydrogen) atoms. The third kappa shape index (κ3) is 4.20. The number of aryl methyl sites for hydroxylation is 1. The molecular formula is C19H21N5O3S. The zero-order valence-corrected chi connectivity index (χ0v) is 16.2. The van der Waals surface area contributed by atoms with Crippen LogP contribution in [0, 0.1) is 0 Å². The van der Waals surface area contributed by atoms with Crippen LogP contribution in [0.1, 0.15) is 22.7 Å². The van der Waals surface area contributed by atoms with Crippen LogP contribution in [0.25, 0.3) is 10.7 Å².